The summed E-state index contributed by atoms with van der Waals surface area (Å²) >= 11 is 5.99. The normalized spacial score (nSPS) is 20.5. The SMILES string of the molecule is CC1CCN(C(=O)c2cc(-c3cccc(Cl)c3)no2)C(CN)C1.Cl. The van der Waals surface area contributed by atoms with Gasteiger partial charge in [0.05, 0.1) is 0 Å². The predicted octanol–water partition coefficient (Wildman–Crippen LogP) is 3.62. The van der Waals surface area contributed by atoms with Crippen LogP contribution in [0.15, 0.2) is 34.9 Å². The lowest BCUT2D eigenvalue weighted by Crippen LogP contribution is -2.49. The molecule has 5 nitrogen and oxygen atoms in total. The maximum atomic E-state index is 12.7. The highest BCUT2D eigenvalue weighted by Gasteiger charge is 2.31. The van der Waals surface area contributed by atoms with Gasteiger partial charge in [0.2, 0.25) is 5.76 Å². The number of nitrogens with two attached hydrogens (primary N) is 1. The van der Waals surface area contributed by atoms with Gasteiger partial charge in [0.1, 0.15) is 5.69 Å². The van der Waals surface area contributed by atoms with Crippen molar-refractivity contribution in [2.45, 2.75) is 25.8 Å². The highest BCUT2D eigenvalue weighted by atomic mass is 35.5. The van der Waals surface area contributed by atoms with E-state index in [9.17, 15) is 4.79 Å². The number of piperidine rings is 1. The molecule has 1 aliphatic rings. The van der Waals surface area contributed by atoms with Crippen LogP contribution < -0.4 is 5.73 Å². The number of carbonyl (C=O) groups excluding carboxylic acids is 1. The third kappa shape index (κ3) is 3.91. The van der Waals surface area contributed by atoms with Crippen molar-refractivity contribution < 1.29 is 9.32 Å². The van der Waals surface area contributed by atoms with Gasteiger partial charge in [-0.25, -0.2) is 0 Å². The molecule has 7 heteroatoms. The van der Waals surface area contributed by atoms with Gasteiger partial charge in [-0.2, -0.15) is 0 Å². The van der Waals surface area contributed by atoms with Crippen molar-refractivity contribution in [2.75, 3.05) is 13.1 Å². The van der Waals surface area contributed by atoms with Crippen LogP contribution in [0.4, 0.5) is 0 Å². The summed E-state index contributed by atoms with van der Waals surface area (Å²) in [6.07, 6.45) is 1.91. The number of rotatable bonds is 3. The van der Waals surface area contributed by atoms with E-state index in [0.717, 1.165) is 18.4 Å². The first-order valence-electron chi connectivity index (χ1n) is 7.82. The highest BCUT2D eigenvalue weighted by Crippen LogP contribution is 2.26. The lowest BCUT2D eigenvalue weighted by atomic mass is 9.92. The molecular formula is C17H21Cl2N3O2. The summed E-state index contributed by atoms with van der Waals surface area (Å²) < 4.78 is 5.27. The molecule has 2 unspecified atom stereocenters. The lowest BCUT2D eigenvalue weighted by Gasteiger charge is -2.37. The molecule has 1 aromatic carbocycles. The summed E-state index contributed by atoms with van der Waals surface area (Å²) in [5.74, 6) is 0.686. The molecule has 0 spiro atoms. The van der Waals surface area contributed by atoms with E-state index < -0.39 is 0 Å². The molecule has 1 saturated heterocycles. The Morgan fingerprint density at radius 1 is 1.46 bits per heavy atom. The Morgan fingerprint density at radius 2 is 2.25 bits per heavy atom. The molecular weight excluding hydrogens is 349 g/mol. The van der Waals surface area contributed by atoms with Crippen LogP contribution in [-0.2, 0) is 0 Å². The molecule has 1 aliphatic heterocycles. The number of carbonyl (C=O) groups is 1. The van der Waals surface area contributed by atoms with Gasteiger partial charge >= 0.3 is 0 Å². The molecule has 0 bridgehead atoms. The smallest absolute Gasteiger partial charge is 0.292 e. The monoisotopic (exact) mass is 369 g/mol. The minimum Gasteiger partial charge on any atom is -0.350 e. The Bertz CT molecular complexity index is 705. The molecule has 0 radical (unpaired) electrons. The van der Waals surface area contributed by atoms with Gasteiger partial charge in [-0.15, -0.1) is 12.4 Å². The molecule has 2 N–H and O–H groups in total. The van der Waals surface area contributed by atoms with Crippen molar-refractivity contribution in [3.05, 3.63) is 41.1 Å². The van der Waals surface area contributed by atoms with Gasteiger partial charge in [-0.1, -0.05) is 35.8 Å². The van der Waals surface area contributed by atoms with Gasteiger partial charge in [-0.3, -0.25) is 4.79 Å². The molecule has 1 amide bonds. The van der Waals surface area contributed by atoms with Gasteiger partial charge in [-0.05, 0) is 30.9 Å². The second-order valence-electron chi connectivity index (χ2n) is 6.10. The van der Waals surface area contributed by atoms with E-state index in [1.165, 1.54) is 0 Å². The van der Waals surface area contributed by atoms with Crippen LogP contribution in [0.1, 0.15) is 30.3 Å². The molecule has 2 aromatic rings. The molecule has 1 aromatic heterocycles. The zero-order valence-electron chi connectivity index (χ0n) is 13.4. The topological polar surface area (TPSA) is 72.4 Å². The van der Waals surface area contributed by atoms with E-state index in [1.807, 2.05) is 17.0 Å². The molecule has 2 heterocycles. The zero-order chi connectivity index (χ0) is 16.4. The number of hydrogen-bond acceptors (Lipinski definition) is 4. The maximum Gasteiger partial charge on any atom is 0.292 e. The molecule has 24 heavy (non-hydrogen) atoms. The second-order valence-corrected chi connectivity index (χ2v) is 6.54. The average Bonchev–Trinajstić information content (AvgIpc) is 3.04. The fourth-order valence-corrected chi connectivity index (χ4v) is 3.23. The predicted molar refractivity (Wildman–Crippen MR) is 96.5 cm³/mol. The Kier molecular flexibility index (Phi) is 6.27. The van der Waals surface area contributed by atoms with E-state index in [-0.39, 0.29) is 30.1 Å². The number of nitrogens with zero attached hydrogens (tertiary/aromatic N) is 2. The average molecular weight is 370 g/mol. The Hall–Kier alpha value is -1.56. The quantitative estimate of drug-likeness (QED) is 0.896. The van der Waals surface area contributed by atoms with Gasteiger partial charge in [0.15, 0.2) is 0 Å². The molecule has 130 valence electrons. The molecule has 0 aliphatic carbocycles. The van der Waals surface area contributed by atoms with Crippen molar-refractivity contribution in [1.29, 1.82) is 0 Å². The maximum absolute atomic E-state index is 12.7. The first kappa shape index (κ1) is 18.8. The number of halogens is 2. The first-order chi connectivity index (χ1) is 11.1. The summed E-state index contributed by atoms with van der Waals surface area (Å²) in [5.41, 5.74) is 7.25. The zero-order valence-corrected chi connectivity index (χ0v) is 15.0. The number of likely N-dealkylation sites (tertiary alicyclic amines) is 1. The minimum absolute atomic E-state index is 0. The summed E-state index contributed by atoms with van der Waals surface area (Å²) in [4.78, 5) is 14.5. The lowest BCUT2D eigenvalue weighted by molar-refractivity contribution is 0.0532. The summed E-state index contributed by atoms with van der Waals surface area (Å²) in [7, 11) is 0. The second kappa shape index (κ2) is 8.01. The first-order valence-corrected chi connectivity index (χ1v) is 8.20. The van der Waals surface area contributed by atoms with Crippen LogP contribution in [0.5, 0.6) is 0 Å². The van der Waals surface area contributed by atoms with Crippen LogP contribution in [0.25, 0.3) is 11.3 Å². The molecule has 1 fully saturated rings. The van der Waals surface area contributed by atoms with Crippen LogP contribution >= 0.6 is 24.0 Å². The Balaban J connectivity index is 0.00000208. The third-order valence-corrected chi connectivity index (χ3v) is 4.59. The van der Waals surface area contributed by atoms with Crippen LogP contribution in [-0.4, -0.2) is 35.1 Å². The Labute approximate surface area is 152 Å². The molecule has 0 saturated carbocycles. The van der Waals surface area contributed by atoms with E-state index in [1.54, 1.807) is 18.2 Å². The van der Waals surface area contributed by atoms with E-state index in [2.05, 4.69) is 12.1 Å². The third-order valence-electron chi connectivity index (χ3n) is 4.35. The standard InChI is InChI=1S/C17H20ClN3O2.ClH/c1-11-5-6-21(14(7-11)10-19)17(22)16-9-15(20-23-16)12-3-2-4-13(18)8-12;/h2-4,8-9,11,14H,5-7,10,19H2,1H3;1H. The Morgan fingerprint density at radius 3 is 2.96 bits per heavy atom. The van der Waals surface area contributed by atoms with E-state index in [4.69, 9.17) is 21.9 Å². The van der Waals surface area contributed by atoms with Crippen LogP contribution in [0, 0.1) is 5.92 Å². The van der Waals surface area contributed by atoms with E-state index >= 15 is 0 Å². The van der Waals surface area contributed by atoms with Crippen molar-refractivity contribution >= 4 is 29.9 Å². The molecule has 3 rings (SSSR count). The molecule has 2 atom stereocenters. The fourth-order valence-electron chi connectivity index (χ4n) is 3.04. The number of hydrogen-bond donors (Lipinski definition) is 1. The summed E-state index contributed by atoms with van der Waals surface area (Å²) in [6, 6.07) is 9.02. The van der Waals surface area contributed by atoms with Crippen molar-refractivity contribution in [3.63, 3.8) is 0 Å². The van der Waals surface area contributed by atoms with Crippen molar-refractivity contribution in [3.8, 4) is 11.3 Å². The fraction of sp³-hybridized carbons (Fsp3) is 0.412. The number of amides is 1. The van der Waals surface area contributed by atoms with Crippen LogP contribution in [0.2, 0.25) is 5.02 Å². The number of benzene rings is 1. The largest absolute Gasteiger partial charge is 0.350 e. The van der Waals surface area contributed by atoms with Crippen molar-refractivity contribution in [1.82, 2.24) is 10.1 Å². The van der Waals surface area contributed by atoms with E-state index in [0.29, 0.717) is 29.7 Å². The summed E-state index contributed by atoms with van der Waals surface area (Å²) in [6.45, 7) is 3.36. The van der Waals surface area contributed by atoms with Gasteiger partial charge in [0.25, 0.3) is 5.91 Å². The summed E-state index contributed by atoms with van der Waals surface area (Å²) in [5, 5.41) is 4.61. The number of aromatic nitrogens is 1. The van der Waals surface area contributed by atoms with Crippen LogP contribution in [0.3, 0.4) is 0 Å². The van der Waals surface area contributed by atoms with Gasteiger partial charge in [0, 0.05) is 35.8 Å². The van der Waals surface area contributed by atoms with Gasteiger partial charge < -0.3 is 15.2 Å². The highest BCUT2D eigenvalue weighted by molar-refractivity contribution is 6.30. The minimum atomic E-state index is -0.145. The van der Waals surface area contributed by atoms with Crippen molar-refractivity contribution in [2.24, 2.45) is 11.7 Å².